The van der Waals surface area contributed by atoms with Crippen molar-refractivity contribution in [2.75, 3.05) is 0 Å². The average molecular weight is 321 g/mol. The number of halogens is 1. The van der Waals surface area contributed by atoms with Crippen molar-refractivity contribution >= 4 is 28.1 Å². The van der Waals surface area contributed by atoms with E-state index in [2.05, 4.69) is 26.5 Å². The minimum atomic E-state index is -0.162. The molecule has 0 atom stereocenters. The zero-order chi connectivity index (χ0) is 13.7. The Bertz CT molecular complexity index is 571. The molecule has 1 amide bonds. The van der Waals surface area contributed by atoms with Gasteiger partial charge in [0.05, 0.1) is 17.1 Å². The molecule has 2 aromatic rings. The standard InChI is InChI=1S/C14H13BrN2O2/c1-10-13(15)8-12(19-10)9-16-17-14(18)7-11-5-3-2-4-6-11/h2-6,8-9H,7H2,1H3,(H,17,18)/b16-9+. The normalized spacial score (nSPS) is 10.8. The molecule has 2 rings (SSSR count). The second-order valence-corrected chi connectivity index (χ2v) is 4.86. The van der Waals surface area contributed by atoms with E-state index in [1.165, 1.54) is 6.21 Å². The van der Waals surface area contributed by atoms with Gasteiger partial charge < -0.3 is 4.42 Å². The number of hydrogen-bond acceptors (Lipinski definition) is 3. The molecule has 5 heteroatoms. The van der Waals surface area contributed by atoms with Crippen molar-refractivity contribution in [1.29, 1.82) is 0 Å². The number of carbonyl (C=O) groups excluding carboxylic acids is 1. The molecule has 0 unspecified atom stereocenters. The van der Waals surface area contributed by atoms with Crippen LogP contribution in [0.15, 0.2) is 50.4 Å². The maximum Gasteiger partial charge on any atom is 0.244 e. The first-order chi connectivity index (χ1) is 9.15. The van der Waals surface area contributed by atoms with Crippen LogP contribution in [-0.4, -0.2) is 12.1 Å². The van der Waals surface area contributed by atoms with E-state index in [4.69, 9.17) is 4.42 Å². The Balaban J connectivity index is 1.87. The van der Waals surface area contributed by atoms with Gasteiger partial charge in [-0.25, -0.2) is 5.43 Å². The van der Waals surface area contributed by atoms with Crippen molar-refractivity contribution < 1.29 is 9.21 Å². The van der Waals surface area contributed by atoms with E-state index < -0.39 is 0 Å². The van der Waals surface area contributed by atoms with Gasteiger partial charge in [-0.05, 0) is 28.4 Å². The molecule has 4 nitrogen and oxygen atoms in total. The summed E-state index contributed by atoms with van der Waals surface area (Å²) in [5.41, 5.74) is 3.41. The summed E-state index contributed by atoms with van der Waals surface area (Å²) >= 11 is 3.34. The Kier molecular flexibility index (Phi) is 4.52. The number of carbonyl (C=O) groups is 1. The fourth-order valence-electron chi connectivity index (χ4n) is 1.53. The maximum atomic E-state index is 11.6. The number of hydrogen-bond donors (Lipinski definition) is 1. The second kappa shape index (κ2) is 6.33. The van der Waals surface area contributed by atoms with Crippen LogP contribution in [0.5, 0.6) is 0 Å². The van der Waals surface area contributed by atoms with Gasteiger partial charge in [0.15, 0.2) is 0 Å². The molecule has 0 aliphatic rings. The third-order valence-corrected chi connectivity index (χ3v) is 3.25. The van der Waals surface area contributed by atoms with Gasteiger partial charge in [0.25, 0.3) is 0 Å². The Morgan fingerprint density at radius 3 is 2.79 bits per heavy atom. The number of rotatable bonds is 4. The number of furan rings is 1. The summed E-state index contributed by atoms with van der Waals surface area (Å²) in [6, 6.07) is 11.3. The summed E-state index contributed by atoms with van der Waals surface area (Å²) < 4.78 is 6.25. The number of nitrogens with zero attached hydrogens (tertiary/aromatic N) is 1. The van der Waals surface area contributed by atoms with E-state index in [1.807, 2.05) is 37.3 Å². The van der Waals surface area contributed by atoms with Crippen LogP contribution in [0.4, 0.5) is 0 Å². The van der Waals surface area contributed by atoms with Crippen LogP contribution in [0.2, 0.25) is 0 Å². The van der Waals surface area contributed by atoms with Gasteiger partial charge in [-0.15, -0.1) is 0 Å². The molecule has 0 saturated carbocycles. The quantitative estimate of drug-likeness (QED) is 0.695. The summed E-state index contributed by atoms with van der Waals surface area (Å²) in [4.78, 5) is 11.6. The summed E-state index contributed by atoms with van der Waals surface area (Å²) in [6.07, 6.45) is 1.78. The first kappa shape index (κ1) is 13.5. The van der Waals surface area contributed by atoms with E-state index >= 15 is 0 Å². The molecule has 98 valence electrons. The smallest absolute Gasteiger partial charge is 0.244 e. The third-order valence-electron chi connectivity index (χ3n) is 2.46. The van der Waals surface area contributed by atoms with Crippen LogP contribution in [0, 0.1) is 6.92 Å². The lowest BCUT2D eigenvalue weighted by Gasteiger charge is -1.99. The molecule has 0 fully saturated rings. The van der Waals surface area contributed by atoms with Gasteiger partial charge in [-0.1, -0.05) is 30.3 Å². The van der Waals surface area contributed by atoms with Gasteiger partial charge in [-0.2, -0.15) is 5.10 Å². The SMILES string of the molecule is Cc1oc(/C=N/NC(=O)Cc2ccccc2)cc1Br. The molecule has 0 saturated heterocycles. The lowest BCUT2D eigenvalue weighted by Crippen LogP contribution is -2.19. The van der Waals surface area contributed by atoms with Crippen LogP contribution >= 0.6 is 15.9 Å². The Hall–Kier alpha value is -1.88. The Morgan fingerprint density at radius 2 is 2.16 bits per heavy atom. The molecule has 1 aromatic carbocycles. The van der Waals surface area contributed by atoms with Crippen LogP contribution in [-0.2, 0) is 11.2 Å². The molecule has 0 bridgehead atoms. The van der Waals surface area contributed by atoms with E-state index in [9.17, 15) is 4.79 Å². The highest BCUT2D eigenvalue weighted by Crippen LogP contribution is 2.18. The first-order valence-electron chi connectivity index (χ1n) is 5.77. The van der Waals surface area contributed by atoms with Gasteiger partial charge >= 0.3 is 0 Å². The second-order valence-electron chi connectivity index (χ2n) is 4.01. The lowest BCUT2D eigenvalue weighted by molar-refractivity contribution is -0.120. The molecule has 0 radical (unpaired) electrons. The number of nitrogens with one attached hydrogen (secondary N) is 1. The van der Waals surface area contributed by atoms with E-state index in [0.29, 0.717) is 12.2 Å². The number of hydrazone groups is 1. The van der Waals surface area contributed by atoms with Crippen molar-refractivity contribution in [1.82, 2.24) is 5.43 Å². The van der Waals surface area contributed by atoms with E-state index in [1.54, 1.807) is 6.07 Å². The molecular formula is C14H13BrN2O2. The van der Waals surface area contributed by atoms with E-state index in [0.717, 1.165) is 15.8 Å². The average Bonchev–Trinajstić information content (AvgIpc) is 2.70. The fourth-order valence-corrected chi connectivity index (χ4v) is 1.84. The fraction of sp³-hybridized carbons (Fsp3) is 0.143. The van der Waals surface area contributed by atoms with Crippen LogP contribution in [0.25, 0.3) is 0 Å². The topological polar surface area (TPSA) is 54.6 Å². The minimum absolute atomic E-state index is 0.162. The summed E-state index contributed by atoms with van der Waals surface area (Å²) in [5, 5.41) is 3.85. The monoisotopic (exact) mass is 320 g/mol. The molecule has 0 aliphatic carbocycles. The number of amides is 1. The van der Waals surface area contributed by atoms with E-state index in [-0.39, 0.29) is 5.91 Å². The Labute approximate surface area is 119 Å². The van der Waals surface area contributed by atoms with Crippen molar-refractivity contribution in [3.8, 4) is 0 Å². The van der Waals surface area contributed by atoms with Crippen molar-refractivity contribution in [2.24, 2.45) is 5.10 Å². The van der Waals surface area contributed by atoms with Gasteiger partial charge in [0.1, 0.15) is 11.5 Å². The predicted molar refractivity (Wildman–Crippen MR) is 77.0 cm³/mol. The predicted octanol–water partition coefficient (Wildman–Crippen LogP) is 3.04. The van der Waals surface area contributed by atoms with Gasteiger partial charge in [0.2, 0.25) is 5.91 Å². The van der Waals surface area contributed by atoms with Crippen molar-refractivity contribution in [2.45, 2.75) is 13.3 Å². The molecule has 1 N–H and O–H groups in total. The van der Waals surface area contributed by atoms with Crippen LogP contribution < -0.4 is 5.43 Å². The van der Waals surface area contributed by atoms with Crippen LogP contribution in [0.3, 0.4) is 0 Å². The summed E-state index contributed by atoms with van der Waals surface area (Å²) in [7, 11) is 0. The lowest BCUT2D eigenvalue weighted by atomic mass is 10.1. The largest absolute Gasteiger partial charge is 0.459 e. The molecule has 0 aliphatic heterocycles. The highest BCUT2D eigenvalue weighted by atomic mass is 79.9. The summed E-state index contributed by atoms with van der Waals surface area (Å²) in [6.45, 7) is 1.84. The van der Waals surface area contributed by atoms with Gasteiger partial charge in [-0.3, -0.25) is 4.79 Å². The molecule has 0 spiro atoms. The molecule has 1 aromatic heterocycles. The zero-order valence-corrected chi connectivity index (χ0v) is 12.0. The summed E-state index contributed by atoms with van der Waals surface area (Å²) in [5.74, 6) is 1.20. The molecular weight excluding hydrogens is 308 g/mol. The zero-order valence-electron chi connectivity index (χ0n) is 10.4. The van der Waals surface area contributed by atoms with Crippen molar-refractivity contribution in [3.63, 3.8) is 0 Å². The minimum Gasteiger partial charge on any atom is -0.459 e. The van der Waals surface area contributed by atoms with Gasteiger partial charge in [0, 0.05) is 6.07 Å². The van der Waals surface area contributed by atoms with Crippen LogP contribution in [0.1, 0.15) is 17.1 Å². The first-order valence-corrected chi connectivity index (χ1v) is 6.56. The highest BCUT2D eigenvalue weighted by molar-refractivity contribution is 9.10. The molecule has 1 heterocycles. The number of benzene rings is 1. The Morgan fingerprint density at radius 1 is 1.42 bits per heavy atom. The highest BCUT2D eigenvalue weighted by Gasteiger charge is 2.03. The maximum absolute atomic E-state index is 11.6. The van der Waals surface area contributed by atoms with Crippen molar-refractivity contribution in [3.05, 3.63) is 58.0 Å². The number of aryl methyl sites for hydroxylation is 1. The molecule has 19 heavy (non-hydrogen) atoms. The third kappa shape index (κ3) is 4.06.